The molecule has 0 aliphatic rings. The highest BCUT2D eigenvalue weighted by molar-refractivity contribution is 5.96. The van der Waals surface area contributed by atoms with Crippen LogP contribution in [-0.2, 0) is 26.3 Å². The van der Waals surface area contributed by atoms with Gasteiger partial charge in [0.25, 0.3) is 5.91 Å². The molecule has 0 aliphatic carbocycles. The third-order valence-corrected chi connectivity index (χ3v) is 4.47. The van der Waals surface area contributed by atoms with Gasteiger partial charge in [0.15, 0.2) is 0 Å². The third kappa shape index (κ3) is 6.17. The molecule has 2 aromatic carbocycles. The van der Waals surface area contributed by atoms with E-state index in [9.17, 15) is 14.4 Å². The zero-order valence-corrected chi connectivity index (χ0v) is 17.4. The SMILES string of the molecule is COC(=O)c1ccc(COC(=O)[C@H](C)NC(=O)c2ccc(C(C)(C)C)cc2)cc1. The molecule has 0 unspecified atom stereocenters. The van der Waals surface area contributed by atoms with E-state index in [0.717, 1.165) is 11.1 Å². The summed E-state index contributed by atoms with van der Waals surface area (Å²) in [5, 5.41) is 2.65. The van der Waals surface area contributed by atoms with Crippen LogP contribution in [0.3, 0.4) is 0 Å². The van der Waals surface area contributed by atoms with Crippen LogP contribution >= 0.6 is 0 Å². The minimum absolute atomic E-state index is 0.00115. The van der Waals surface area contributed by atoms with Crippen LogP contribution in [0.5, 0.6) is 0 Å². The minimum atomic E-state index is -0.792. The van der Waals surface area contributed by atoms with E-state index in [-0.39, 0.29) is 17.9 Å². The number of ether oxygens (including phenoxy) is 2. The Morgan fingerprint density at radius 2 is 1.48 bits per heavy atom. The fourth-order valence-corrected chi connectivity index (χ4v) is 2.59. The van der Waals surface area contributed by atoms with Crippen LogP contribution in [0.25, 0.3) is 0 Å². The molecular weight excluding hydrogens is 370 g/mol. The van der Waals surface area contributed by atoms with Crippen molar-refractivity contribution in [1.29, 1.82) is 0 Å². The average Bonchev–Trinajstić information content (AvgIpc) is 2.71. The second-order valence-corrected chi connectivity index (χ2v) is 7.82. The fraction of sp³-hybridized carbons (Fsp3) is 0.348. The lowest BCUT2D eigenvalue weighted by molar-refractivity contribution is -0.146. The lowest BCUT2D eigenvalue weighted by Gasteiger charge is -2.19. The molecule has 0 spiro atoms. The summed E-state index contributed by atoms with van der Waals surface area (Å²) in [6.45, 7) is 7.92. The van der Waals surface area contributed by atoms with Crippen molar-refractivity contribution in [2.45, 2.75) is 45.8 Å². The second kappa shape index (κ2) is 9.37. The van der Waals surface area contributed by atoms with Crippen molar-refractivity contribution in [2.75, 3.05) is 7.11 Å². The van der Waals surface area contributed by atoms with E-state index < -0.39 is 18.0 Å². The summed E-state index contributed by atoms with van der Waals surface area (Å²) in [6.07, 6.45) is 0. The molecule has 0 saturated carbocycles. The van der Waals surface area contributed by atoms with Crippen molar-refractivity contribution in [2.24, 2.45) is 0 Å². The van der Waals surface area contributed by atoms with Gasteiger partial charge in [-0.25, -0.2) is 9.59 Å². The van der Waals surface area contributed by atoms with Gasteiger partial charge >= 0.3 is 11.9 Å². The molecule has 2 aromatic rings. The van der Waals surface area contributed by atoms with Gasteiger partial charge in [0.1, 0.15) is 12.6 Å². The van der Waals surface area contributed by atoms with Crippen molar-refractivity contribution in [3.8, 4) is 0 Å². The molecule has 1 N–H and O–H groups in total. The first-order valence-electron chi connectivity index (χ1n) is 9.37. The van der Waals surface area contributed by atoms with Crippen LogP contribution in [0.4, 0.5) is 0 Å². The first-order chi connectivity index (χ1) is 13.6. The first-order valence-corrected chi connectivity index (χ1v) is 9.37. The van der Waals surface area contributed by atoms with E-state index >= 15 is 0 Å². The summed E-state index contributed by atoms with van der Waals surface area (Å²) in [5.74, 6) is -1.31. The average molecular weight is 397 g/mol. The summed E-state index contributed by atoms with van der Waals surface area (Å²) >= 11 is 0. The lowest BCUT2D eigenvalue weighted by Crippen LogP contribution is -2.39. The van der Waals surface area contributed by atoms with Crippen molar-refractivity contribution in [3.05, 3.63) is 70.8 Å². The Labute approximate surface area is 171 Å². The van der Waals surface area contributed by atoms with Gasteiger partial charge in [0, 0.05) is 5.56 Å². The summed E-state index contributed by atoms with van der Waals surface area (Å²) in [5.41, 5.74) is 2.75. The Balaban J connectivity index is 1.88. The third-order valence-electron chi connectivity index (χ3n) is 4.47. The van der Waals surface area contributed by atoms with Crippen LogP contribution in [0.1, 0.15) is 59.5 Å². The number of methoxy groups -OCH3 is 1. The summed E-state index contributed by atoms with van der Waals surface area (Å²) < 4.78 is 9.88. The number of carbonyl (C=O) groups excluding carboxylic acids is 3. The number of esters is 2. The van der Waals surface area contributed by atoms with Gasteiger partial charge in [0.2, 0.25) is 0 Å². The number of hydrogen-bond acceptors (Lipinski definition) is 5. The van der Waals surface area contributed by atoms with Gasteiger partial charge in [-0.2, -0.15) is 0 Å². The monoisotopic (exact) mass is 397 g/mol. The number of benzene rings is 2. The van der Waals surface area contributed by atoms with Crippen LogP contribution in [0.2, 0.25) is 0 Å². The minimum Gasteiger partial charge on any atom is -0.465 e. The number of rotatable bonds is 6. The molecule has 1 amide bonds. The Morgan fingerprint density at radius 3 is 2.00 bits per heavy atom. The smallest absolute Gasteiger partial charge is 0.337 e. The van der Waals surface area contributed by atoms with Gasteiger partial charge in [0.05, 0.1) is 12.7 Å². The van der Waals surface area contributed by atoms with E-state index in [0.29, 0.717) is 11.1 Å². The molecule has 154 valence electrons. The molecule has 0 bridgehead atoms. The molecule has 0 aromatic heterocycles. The van der Waals surface area contributed by atoms with E-state index in [1.807, 2.05) is 12.1 Å². The maximum Gasteiger partial charge on any atom is 0.337 e. The Morgan fingerprint density at radius 1 is 0.931 bits per heavy atom. The molecule has 6 nitrogen and oxygen atoms in total. The topological polar surface area (TPSA) is 81.7 Å². The number of carbonyl (C=O) groups is 3. The Kier molecular flexibility index (Phi) is 7.15. The normalized spacial score (nSPS) is 12.0. The quantitative estimate of drug-likeness (QED) is 0.753. The molecule has 1 atom stereocenters. The standard InChI is InChI=1S/C23H27NO5/c1-15(24-20(25)17-10-12-19(13-11-17)23(2,3)4)21(26)29-14-16-6-8-18(9-7-16)22(27)28-5/h6-13,15H,14H2,1-5H3,(H,24,25)/t15-/m0/s1. The van der Waals surface area contributed by atoms with Crippen molar-refractivity contribution >= 4 is 17.8 Å². The fourth-order valence-electron chi connectivity index (χ4n) is 2.59. The van der Waals surface area contributed by atoms with Gasteiger partial charge in [-0.05, 0) is 47.7 Å². The van der Waals surface area contributed by atoms with Crippen LogP contribution in [0, 0.1) is 0 Å². The van der Waals surface area contributed by atoms with Gasteiger partial charge in [-0.1, -0.05) is 45.0 Å². The maximum atomic E-state index is 12.4. The van der Waals surface area contributed by atoms with E-state index in [1.165, 1.54) is 7.11 Å². The van der Waals surface area contributed by atoms with Gasteiger partial charge in [-0.15, -0.1) is 0 Å². The number of amides is 1. The Bertz CT molecular complexity index is 864. The molecule has 0 aliphatic heterocycles. The molecule has 0 radical (unpaired) electrons. The highest BCUT2D eigenvalue weighted by Gasteiger charge is 2.19. The van der Waals surface area contributed by atoms with Gasteiger partial charge < -0.3 is 14.8 Å². The second-order valence-electron chi connectivity index (χ2n) is 7.82. The van der Waals surface area contributed by atoms with Crippen LogP contribution in [-0.4, -0.2) is 31.0 Å². The van der Waals surface area contributed by atoms with Crippen LogP contribution in [0.15, 0.2) is 48.5 Å². The van der Waals surface area contributed by atoms with Crippen molar-refractivity contribution in [1.82, 2.24) is 5.32 Å². The summed E-state index contributed by atoms with van der Waals surface area (Å²) in [4.78, 5) is 36.0. The predicted molar refractivity (Wildman–Crippen MR) is 110 cm³/mol. The zero-order chi connectivity index (χ0) is 21.6. The van der Waals surface area contributed by atoms with Crippen molar-refractivity contribution < 1.29 is 23.9 Å². The largest absolute Gasteiger partial charge is 0.465 e. The maximum absolute atomic E-state index is 12.4. The highest BCUT2D eigenvalue weighted by Crippen LogP contribution is 2.22. The molecule has 2 rings (SSSR count). The lowest BCUT2D eigenvalue weighted by atomic mass is 9.86. The van der Waals surface area contributed by atoms with E-state index in [1.54, 1.807) is 43.3 Å². The first kappa shape index (κ1) is 22.1. The molecule has 29 heavy (non-hydrogen) atoms. The Hall–Kier alpha value is -3.15. The number of nitrogens with one attached hydrogen (secondary N) is 1. The van der Waals surface area contributed by atoms with E-state index in [4.69, 9.17) is 4.74 Å². The molecule has 0 saturated heterocycles. The van der Waals surface area contributed by atoms with Gasteiger partial charge in [-0.3, -0.25) is 4.79 Å². The molecular formula is C23H27NO5. The summed E-state index contributed by atoms with van der Waals surface area (Å²) in [6, 6.07) is 13.1. The summed E-state index contributed by atoms with van der Waals surface area (Å²) in [7, 11) is 1.31. The molecule has 0 heterocycles. The molecule has 0 fully saturated rings. The highest BCUT2D eigenvalue weighted by atomic mass is 16.5. The van der Waals surface area contributed by atoms with Crippen molar-refractivity contribution in [3.63, 3.8) is 0 Å². The zero-order valence-electron chi connectivity index (χ0n) is 17.4. The predicted octanol–water partition coefficient (Wildman–Crippen LogP) is 3.63. The van der Waals surface area contributed by atoms with E-state index in [2.05, 4.69) is 30.8 Å². The molecule has 6 heteroatoms. The number of hydrogen-bond donors (Lipinski definition) is 1. The van der Waals surface area contributed by atoms with Crippen LogP contribution < -0.4 is 5.32 Å².